The van der Waals surface area contributed by atoms with Crippen LogP contribution in [0.15, 0.2) is 36.4 Å². The zero-order valence-electron chi connectivity index (χ0n) is 18.8. The second kappa shape index (κ2) is 10.4. The van der Waals surface area contributed by atoms with Crippen LogP contribution in [0.2, 0.25) is 10.0 Å². The van der Waals surface area contributed by atoms with Crippen molar-refractivity contribution in [3.05, 3.63) is 73.5 Å². The number of nitrogens with zero attached hydrogens (tertiary/aromatic N) is 2. The summed E-state index contributed by atoms with van der Waals surface area (Å²) in [7, 11) is 0. The molecule has 190 valence electrons. The van der Waals surface area contributed by atoms with Gasteiger partial charge in [0.25, 0.3) is 5.91 Å². The van der Waals surface area contributed by atoms with Crippen LogP contribution in [0.3, 0.4) is 0 Å². The summed E-state index contributed by atoms with van der Waals surface area (Å²) in [5.74, 6) is -2.21. The number of likely N-dealkylation sites (tertiary alicyclic amines) is 1. The van der Waals surface area contributed by atoms with E-state index in [1.54, 1.807) is 23.1 Å². The summed E-state index contributed by atoms with van der Waals surface area (Å²) < 4.78 is 15.5. The van der Waals surface area contributed by atoms with Crippen molar-refractivity contribution in [2.45, 2.75) is 57.7 Å². The molecule has 1 spiro atoms. The van der Waals surface area contributed by atoms with E-state index in [1.807, 2.05) is 13.8 Å². The SMILES string of the molecule is C.CC(C)CCN1[C@@H](CCO)[C@@H]([N+](=O)[O-])[C@H](c2cccc(Cl)c2F)[C@]12C(=O)Nc1cc(Cl)ccc12. The lowest BCUT2D eigenvalue weighted by atomic mass is 9.73. The Bertz CT molecular complexity index is 1130. The van der Waals surface area contributed by atoms with Gasteiger partial charge in [-0.3, -0.25) is 19.8 Å². The molecule has 4 rings (SSSR count). The van der Waals surface area contributed by atoms with Gasteiger partial charge in [-0.25, -0.2) is 4.39 Å². The number of amides is 1. The minimum atomic E-state index is -1.57. The van der Waals surface area contributed by atoms with E-state index in [4.69, 9.17) is 23.2 Å². The standard InChI is InChI=1S/C24H26Cl2FN3O4.CH4/c1-13(2)8-10-29-19(9-11-31)22(30(33)34)20(15-4-3-5-17(26)21(15)27)24(29)16-7-6-14(25)12-18(16)28-23(24)32;/h3-7,12-13,19-20,22,31H,8-11H2,1-2H3,(H,28,32);1H4/t19-,20-,22+,24+;/m0./s1. The van der Waals surface area contributed by atoms with E-state index >= 15 is 4.39 Å². The van der Waals surface area contributed by atoms with Crippen molar-refractivity contribution in [2.75, 3.05) is 18.5 Å². The van der Waals surface area contributed by atoms with Crippen LogP contribution in [0.5, 0.6) is 0 Å². The Balaban J connectivity index is 0.00000342. The largest absolute Gasteiger partial charge is 0.396 e. The molecule has 2 aliphatic heterocycles. The van der Waals surface area contributed by atoms with E-state index in [2.05, 4.69) is 5.32 Å². The molecule has 0 saturated carbocycles. The molecule has 7 nitrogen and oxygen atoms in total. The first-order valence-electron chi connectivity index (χ1n) is 11.2. The lowest BCUT2D eigenvalue weighted by molar-refractivity contribution is -0.528. The Hall–Kier alpha value is -2.26. The number of nitro groups is 1. The van der Waals surface area contributed by atoms with Crippen molar-refractivity contribution in [1.82, 2.24) is 4.90 Å². The number of carbonyl (C=O) groups excluding carboxylic acids is 1. The van der Waals surface area contributed by atoms with Gasteiger partial charge in [0.15, 0.2) is 0 Å². The van der Waals surface area contributed by atoms with Crippen LogP contribution in [0.1, 0.15) is 51.2 Å². The summed E-state index contributed by atoms with van der Waals surface area (Å²) in [6, 6.07) is 7.06. The highest BCUT2D eigenvalue weighted by Crippen LogP contribution is 2.58. The number of halogens is 3. The van der Waals surface area contributed by atoms with E-state index in [1.165, 1.54) is 18.2 Å². The van der Waals surface area contributed by atoms with Crippen LogP contribution in [0.25, 0.3) is 0 Å². The topological polar surface area (TPSA) is 95.7 Å². The van der Waals surface area contributed by atoms with Gasteiger partial charge in [-0.15, -0.1) is 0 Å². The summed E-state index contributed by atoms with van der Waals surface area (Å²) in [4.78, 5) is 27.8. The molecule has 2 aromatic carbocycles. The average molecular weight is 526 g/mol. The van der Waals surface area contributed by atoms with Crippen molar-refractivity contribution < 1.29 is 19.2 Å². The maximum atomic E-state index is 15.5. The molecule has 0 aromatic heterocycles. The van der Waals surface area contributed by atoms with E-state index in [0.29, 0.717) is 29.2 Å². The van der Waals surface area contributed by atoms with Gasteiger partial charge in [0.1, 0.15) is 11.4 Å². The predicted octanol–water partition coefficient (Wildman–Crippen LogP) is 5.46. The third kappa shape index (κ3) is 4.31. The van der Waals surface area contributed by atoms with Gasteiger partial charge in [-0.05, 0) is 37.0 Å². The van der Waals surface area contributed by atoms with Gasteiger partial charge < -0.3 is 10.4 Å². The maximum absolute atomic E-state index is 15.5. The molecular weight excluding hydrogens is 496 g/mol. The quantitative estimate of drug-likeness (QED) is 0.369. The fraction of sp³-hybridized carbons (Fsp3) is 0.480. The number of hydrogen-bond donors (Lipinski definition) is 2. The fourth-order valence-corrected chi connectivity index (χ4v) is 5.96. The van der Waals surface area contributed by atoms with Gasteiger partial charge in [0, 0.05) is 39.9 Å². The molecule has 10 heteroatoms. The van der Waals surface area contributed by atoms with Crippen LogP contribution >= 0.6 is 23.2 Å². The average Bonchev–Trinajstić information content (AvgIpc) is 3.21. The van der Waals surface area contributed by atoms with Gasteiger partial charge in [-0.1, -0.05) is 62.7 Å². The Morgan fingerprint density at radius 3 is 2.63 bits per heavy atom. The lowest BCUT2D eigenvalue weighted by Crippen LogP contribution is -2.52. The Kier molecular flexibility index (Phi) is 8.11. The maximum Gasteiger partial charge on any atom is 0.250 e. The zero-order valence-corrected chi connectivity index (χ0v) is 20.3. The first-order chi connectivity index (χ1) is 16.1. The van der Waals surface area contributed by atoms with Gasteiger partial charge in [-0.2, -0.15) is 0 Å². The number of aliphatic hydroxyl groups excluding tert-OH is 1. The molecule has 0 radical (unpaired) electrons. The Morgan fingerprint density at radius 2 is 2.00 bits per heavy atom. The molecule has 1 amide bonds. The van der Waals surface area contributed by atoms with E-state index in [0.717, 1.165) is 0 Å². The molecule has 35 heavy (non-hydrogen) atoms. The zero-order chi connectivity index (χ0) is 24.8. The van der Waals surface area contributed by atoms with Crippen LogP contribution in [0.4, 0.5) is 10.1 Å². The molecule has 0 unspecified atom stereocenters. The molecule has 1 saturated heterocycles. The van der Waals surface area contributed by atoms with E-state index in [9.17, 15) is 20.0 Å². The molecule has 2 aromatic rings. The molecule has 2 heterocycles. The monoisotopic (exact) mass is 525 g/mol. The number of fused-ring (bicyclic) bond motifs is 2. The third-order valence-electron chi connectivity index (χ3n) is 6.96. The number of carbonyl (C=O) groups is 1. The highest BCUT2D eigenvalue weighted by molar-refractivity contribution is 6.31. The molecule has 2 aliphatic rings. The first kappa shape index (κ1) is 27.3. The fourth-order valence-electron chi connectivity index (χ4n) is 5.61. The number of anilines is 1. The van der Waals surface area contributed by atoms with Crippen molar-refractivity contribution in [3.63, 3.8) is 0 Å². The molecular formula is C25H30Cl2FN3O4. The summed E-state index contributed by atoms with van der Waals surface area (Å²) >= 11 is 12.3. The number of nitrogens with one attached hydrogen (secondary N) is 1. The number of rotatable bonds is 7. The van der Waals surface area contributed by atoms with Gasteiger partial charge in [0.05, 0.1) is 17.0 Å². The van der Waals surface area contributed by atoms with E-state index in [-0.39, 0.29) is 37.0 Å². The normalized spacial score (nSPS) is 25.6. The number of benzene rings is 2. The molecule has 1 fully saturated rings. The van der Waals surface area contributed by atoms with E-state index < -0.39 is 40.2 Å². The number of aliphatic hydroxyl groups is 1. The Morgan fingerprint density at radius 1 is 1.29 bits per heavy atom. The third-order valence-corrected chi connectivity index (χ3v) is 7.48. The van der Waals surface area contributed by atoms with Crippen molar-refractivity contribution in [2.24, 2.45) is 5.92 Å². The second-order valence-electron chi connectivity index (χ2n) is 9.26. The predicted molar refractivity (Wildman–Crippen MR) is 135 cm³/mol. The molecule has 2 N–H and O–H groups in total. The van der Waals surface area contributed by atoms with Crippen LogP contribution in [0, 0.1) is 21.8 Å². The van der Waals surface area contributed by atoms with Crippen LogP contribution in [-0.2, 0) is 10.3 Å². The van der Waals surface area contributed by atoms with Gasteiger partial charge >= 0.3 is 0 Å². The summed E-state index contributed by atoms with van der Waals surface area (Å²) in [6.07, 6.45) is 0.704. The van der Waals surface area contributed by atoms with Crippen molar-refractivity contribution in [1.29, 1.82) is 0 Å². The minimum absolute atomic E-state index is 0. The highest BCUT2D eigenvalue weighted by atomic mass is 35.5. The summed E-state index contributed by atoms with van der Waals surface area (Å²) in [5.41, 5.74) is -0.631. The smallest absolute Gasteiger partial charge is 0.250 e. The first-order valence-corrected chi connectivity index (χ1v) is 12.0. The second-order valence-corrected chi connectivity index (χ2v) is 10.1. The number of hydrogen-bond acceptors (Lipinski definition) is 5. The van der Waals surface area contributed by atoms with Gasteiger partial charge in [0.2, 0.25) is 6.04 Å². The summed E-state index contributed by atoms with van der Waals surface area (Å²) in [6.45, 7) is 4.07. The molecule has 0 bridgehead atoms. The van der Waals surface area contributed by atoms with Crippen molar-refractivity contribution >= 4 is 34.8 Å². The van der Waals surface area contributed by atoms with Crippen LogP contribution in [-0.4, -0.2) is 46.1 Å². The molecule has 4 atom stereocenters. The van der Waals surface area contributed by atoms with Crippen LogP contribution < -0.4 is 5.32 Å². The Labute approximate surface area is 214 Å². The minimum Gasteiger partial charge on any atom is -0.396 e. The molecule has 0 aliphatic carbocycles. The van der Waals surface area contributed by atoms with Crippen molar-refractivity contribution in [3.8, 4) is 0 Å². The highest BCUT2D eigenvalue weighted by Gasteiger charge is 2.71. The summed E-state index contributed by atoms with van der Waals surface area (Å²) in [5, 5.41) is 25.5. The lowest BCUT2D eigenvalue weighted by Gasteiger charge is -2.39.